The molecule has 0 heterocycles. The van der Waals surface area contributed by atoms with Crippen LogP contribution in [-0.4, -0.2) is 5.78 Å². The molecule has 1 aromatic rings. The maximum atomic E-state index is 12.1. The molecule has 0 radical (unpaired) electrons. The topological polar surface area (TPSA) is 29.1 Å². The van der Waals surface area contributed by atoms with Gasteiger partial charge in [-0.25, -0.2) is 0 Å². The summed E-state index contributed by atoms with van der Waals surface area (Å²) < 4.78 is 1.19. The Hall–Kier alpha value is -0.840. The third-order valence-electron chi connectivity index (χ3n) is 3.47. The molecule has 102 valence electrons. The minimum absolute atomic E-state index is 0.341. The lowest BCUT2D eigenvalue weighted by molar-refractivity contribution is -0.116. The second kappa shape index (κ2) is 7.08. The van der Waals surface area contributed by atoms with Gasteiger partial charge < -0.3 is 5.32 Å². The Bertz CT molecular complexity index is 493. The number of carbonyl (C=O) groups excluding carboxylic acids is 1. The molecule has 3 heteroatoms. The molecule has 0 saturated heterocycles. The molecule has 1 N–H and O–H groups in total. The summed E-state index contributed by atoms with van der Waals surface area (Å²) in [6, 6.07) is 8.22. The lowest BCUT2D eigenvalue weighted by Gasteiger charge is -2.21. The summed E-state index contributed by atoms with van der Waals surface area (Å²) in [5.74, 6) is 0.341. The molecule has 2 rings (SSSR count). The number of nitrogens with one attached hydrogen (secondary N) is 1. The highest BCUT2D eigenvalue weighted by Crippen LogP contribution is 2.28. The molecule has 0 atom stereocenters. The SMILES string of the molecule is CCCCC1=C(Nc2ccccc2I)CCCC1=O. The van der Waals surface area contributed by atoms with Gasteiger partial charge in [-0.15, -0.1) is 0 Å². The van der Waals surface area contributed by atoms with E-state index in [0.717, 1.165) is 55.5 Å². The number of anilines is 1. The van der Waals surface area contributed by atoms with Gasteiger partial charge in [0.25, 0.3) is 0 Å². The molecule has 1 aromatic carbocycles. The fourth-order valence-corrected chi connectivity index (χ4v) is 2.92. The van der Waals surface area contributed by atoms with Gasteiger partial charge in [-0.2, -0.15) is 0 Å². The van der Waals surface area contributed by atoms with Crippen LogP contribution in [0.25, 0.3) is 0 Å². The van der Waals surface area contributed by atoms with Gasteiger partial charge in [-0.1, -0.05) is 25.5 Å². The molecule has 19 heavy (non-hydrogen) atoms. The van der Waals surface area contributed by atoms with E-state index in [1.54, 1.807) is 0 Å². The Morgan fingerprint density at radius 2 is 2.05 bits per heavy atom. The number of carbonyl (C=O) groups is 1. The van der Waals surface area contributed by atoms with Crippen molar-refractivity contribution in [2.24, 2.45) is 0 Å². The first-order chi connectivity index (χ1) is 9.22. The Labute approximate surface area is 128 Å². The number of benzene rings is 1. The summed E-state index contributed by atoms with van der Waals surface area (Å²) >= 11 is 2.33. The van der Waals surface area contributed by atoms with E-state index in [1.807, 2.05) is 12.1 Å². The van der Waals surface area contributed by atoms with Gasteiger partial charge in [0.15, 0.2) is 5.78 Å². The van der Waals surface area contributed by atoms with Crippen LogP contribution < -0.4 is 5.32 Å². The van der Waals surface area contributed by atoms with E-state index in [0.29, 0.717) is 5.78 Å². The van der Waals surface area contributed by atoms with Gasteiger partial charge in [0.1, 0.15) is 0 Å². The zero-order valence-corrected chi connectivity index (χ0v) is 13.5. The van der Waals surface area contributed by atoms with Gasteiger partial charge in [-0.05, 0) is 60.4 Å². The number of hydrogen-bond acceptors (Lipinski definition) is 2. The van der Waals surface area contributed by atoms with Crippen molar-refractivity contribution in [2.75, 3.05) is 5.32 Å². The molecule has 0 unspecified atom stereocenters. The van der Waals surface area contributed by atoms with E-state index < -0.39 is 0 Å². The summed E-state index contributed by atoms with van der Waals surface area (Å²) in [6.45, 7) is 2.17. The highest BCUT2D eigenvalue weighted by molar-refractivity contribution is 14.1. The van der Waals surface area contributed by atoms with Gasteiger partial charge in [0, 0.05) is 21.3 Å². The van der Waals surface area contributed by atoms with E-state index in [2.05, 4.69) is 47.0 Å². The van der Waals surface area contributed by atoms with Crippen molar-refractivity contribution < 1.29 is 4.79 Å². The third-order valence-corrected chi connectivity index (χ3v) is 4.41. The maximum absolute atomic E-state index is 12.1. The van der Waals surface area contributed by atoms with Crippen molar-refractivity contribution in [3.63, 3.8) is 0 Å². The van der Waals surface area contributed by atoms with E-state index in [4.69, 9.17) is 0 Å². The van der Waals surface area contributed by atoms with Crippen molar-refractivity contribution in [3.05, 3.63) is 39.1 Å². The molecule has 2 nitrogen and oxygen atoms in total. The van der Waals surface area contributed by atoms with Gasteiger partial charge in [0.05, 0.1) is 5.69 Å². The number of hydrogen-bond donors (Lipinski definition) is 1. The largest absolute Gasteiger partial charge is 0.358 e. The highest BCUT2D eigenvalue weighted by atomic mass is 127. The van der Waals surface area contributed by atoms with Crippen LogP contribution in [0, 0.1) is 3.57 Å². The molecule has 0 amide bonds. The average molecular weight is 369 g/mol. The Morgan fingerprint density at radius 1 is 1.26 bits per heavy atom. The van der Waals surface area contributed by atoms with Gasteiger partial charge in [0.2, 0.25) is 0 Å². The molecule has 0 spiro atoms. The van der Waals surface area contributed by atoms with Crippen molar-refractivity contribution in [3.8, 4) is 0 Å². The lowest BCUT2D eigenvalue weighted by atomic mass is 9.91. The number of halogens is 1. The zero-order chi connectivity index (χ0) is 13.7. The van der Waals surface area contributed by atoms with Crippen LogP contribution >= 0.6 is 22.6 Å². The number of Topliss-reactive ketones (excluding diaryl/α,β-unsaturated/α-hetero) is 1. The Kier molecular flexibility index (Phi) is 5.43. The van der Waals surface area contributed by atoms with Crippen molar-refractivity contribution in [1.82, 2.24) is 0 Å². The summed E-state index contributed by atoms with van der Waals surface area (Å²) in [4.78, 5) is 12.1. The van der Waals surface area contributed by atoms with Crippen LogP contribution in [0.5, 0.6) is 0 Å². The third kappa shape index (κ3) is 3.81. The Morgan fingerprint density at radius 3 is 2.79 bits per heavy atom. The van der Waals surface area contributed by atoms with Crippen LogP contribution in [0.15, 0.2) is 35.5 Å². The van der Waals surface area contributed by atoms with Crippen LogP contribution in [0.3, 0.4) is 0 Å². The summed E-state index contributed by atoms with van der Waals surface area (Å²) in [7, 11) is 0. The number of unbranched alkanes of at least 4 members (excludes halogenated alkanes) is 1. The molecular formula is C16H20INO. The molecule has 0 aliphatic heterocycles. The normalized spacial score (nSPS) is 15.8. The lowest BCUT2D eigenvalue weighted by Crippen LogP contribution is -2.16. The molecule has 0 aromatic heterocycles. The second-order valence-corrected chi connectivity index (χ2v) is 6.10. The van der Waals surface area contributed by atoms with Gasteiger partial charge in [-0.3, -0.25) is 4.79 Å². The van der Waals surface area contributed by atoms with Crippen LogP contribution in [-0.2, 0) is 4.79 Å². The smallest absolute Gasteiger partial charge is 0.160 e. The van der Waals surface area contributed by atoms with Crippen LogP contribution in [0.4, 0.5) is 5.69 Å². The van der Waals surface area contributed by atoms with Crippen LogP contribution in [0.2, 0.25) is 0 Å². The number of ketones is 1. The quantitative estimate of drug-likeness (QED) is 0.748. The first-order valence-corrected chi connectivity index (χ1v) is 8.07. The molecule has 0 fully saturated rings. The van der Waals surface area contributed by atoms with E-state index >= 15 is 0 Å². The molecule has 0 bridgehead atoms. The fourth-order valence-electron chi connectivity index (χ4n) is 2.40. The second-order valence-electron chi connectivity index (χ2n) is 4.94. The number of rotatable bonds is 5. The predicted octanol–water partition coefficient (Wildman–Crippen LogP) is 4.90. The van der Waals surface area contributed by atoms with E-state index in [9.17, 15) is 4.79 Å². The summed E-state index contributed by atoms with van der Waals surface area (Å²) in [6.07, 6.45) is 5.83. The monoisotopic (exact) mass is 369 g/mol. The minimum atomic E-state index is 0.341. The van der Waals surface area contributed by atoms with Crippen molar-refractivity contribution >= 4 is 34.1 Å². The first kappa shape index (κ1) is 14.6. The Balaban J connectivity index is 2.23. The van der Waals surface area contributed by atoms with Gasteiger partial charge >= 0.3 is 0 Å². The van der Waals surface area contributed by atoms with Crippen molar-refractivity contribution in [1.29, 1.82) is 0 Å². The highest BCUT2D eigenvalue weighted by Gasteiger charge is 2.20. The maximum Gasteiger partial charge on any atom is 0.160 e. The number of para-hydroxylation sites is 1. The number of allylic oxidation sites excluding steroid dienone is 2. The average Bonchev–Trinajstić information content (AvgIpc) is 2.41. The molecule has 1 aliphatic rings. The fraction of sp³-hybridized carbons (Fsp3) is 0.438. The summed E-state index contributed by atoms with van der Waals surface area (Å²) in [5, 5.41) is 3.49. The predicted molar refractivity (Wildman–Crippen MR) is 88.2 cm³/mol. The zero-order valence-electron chi connectivity index (χ0n) is 11.3. The molecule has 1 aliphatic carbocycles. The van der Waals surface area contributed by atoms with E-state index in [-0.39, 0.29) is 0 Å². The van der Waals surface area contributed by atoms with E-state index in [1.165, 1.54) is 3.57 Å². The van der Waals surface area contributed by atoms with Crippen LogP contribution in [0.1, 0.15) is 45.4 Å². The molecule has 0 saturated carbocycles. The standard InChI is InChI=1S/C16H20INO/c1-2-3-7-12-14(10-6-11-16(12)19)18-15-9-5-4-8-13(15)17/h4-5,8-9,18H,2-3,6-7,10-11H2,1H3. The van der Waals surface area contributed by atoms with Crippen molar-refractivity contribution in [2.45, 2.75) is 45.4 Å². The first-order valence-electron chi connectivity index (χ1n) is 6.99. The molecular weight excluding hydrogens is 349 g/mol. The minimum Gasteiger partial charge on any atom is -0.358 e. The summed E-state index contributed by atoms with van der Waals surface area (Å²) in [5.41, 5.74) is 3.29.